The fourth-order valence-electron chi connectivity index (χ4n) is 1.38. The molecule has 0 saturated heterocycles. The molecule has 0 heterocycles. The Bertz CT molecular complexity index is 407. The molecular formula is C12H16O5S. The zero-order valence-corrected chi connectivity index (χ0v) is 10.8. The van der Waals surface area contributed by atoms with Gasteiger partial charge >= 0.3 is 5.97 Å². The molecule has 0 aromatic heterocycles. The highest BCUT2D eigenvalue weighted by atomic mass is 32.2. The highest BCUT2D eigenvalue weighted by Crippen LogP contribution is 2.22. The minimum absolute atomic E-state index is 0.123. The molecule has 6 heteroatoms. The van der Waals surface area contributed by atoms with Gasteiger partial charge in [-0.3, -0.25) is 0 Å². The van der Waals surface area contributed by atoms with E-state index in [1.807, 2.05) is 0 Å². The zero-order valence-electron chi connectivity index (χ0n) is 10.00. The summed E-state index contributed by atoms with van der Waals surface area (Å²) in [7, 11) is 1.42. The first-order valence-electron chi connectivity index (χ1n) is 5.35. The van der Waals surface area contributed by atoms with E-state index in [4.69, 9.17) is 14.9 Å². The van der Waals surface area contributed by atoms with Crippen LogP contribution in [0.3, 0.4) is 0 Å². The molecular weight excluding hydrogens is 256 g/mol. The van der Waals surface area contributed by atoms with Gasteiger partial charge in [0, 0.05) is 11.5 Å². The van der Waals surface area contributed by atoms with Crippen LogP contribution in [0.4, 0.5) is 0 Å². The Morgan fingerprint density at radius 3 is 2.78 bits per heavy atom. The SMILES string of the molecule is COc1ccc(CSCC(O)CO)cc1C(=O)O. The number of hydrogen-bond donors (Lipinski definition) is 3. The number of thioether (sulfide) groups is 1. The summed E-state index contributed by atoms with van der Waals surface area (Å²) in [4.78, 5) is 11.0. The third kappa shape index (κ3) is 4.21. The van der Waals surface area contributed by atoms with Crippen LogP contribution in [-0.2, 0) is 5.75 Å². The van der Waals surface area contributed by atoms with Crippen LogP contribution in [-0.4, -0.2) is 46.9 Å². The fourth-order valence-corrected chi connectivity index (χ4v) is 2.29. The first kappa shape index (κ1) is 14.8. The third-order valence-corrected chi connectivity index (χ3v) is 3.44. The Kier molecular flexibility index (Phi) is 5.97. The molecule has 18 heavy (non-hydrogen) atoms. The molecule has 5 nitrogen and oxygen atoms in total. The molecule has 1 aromatic rings. The number of ether oxygens (including phenoxy) is 1. The van der Waals surface area contributed by atoms with Crippen LogP contribution in [0.25, 0.3) is 0 Å². The van der Waals surface area contributed by atoms with Gasteiger partial charge in [0.15, 0.2) is 0 Å². The molecule has 1 rings (SSSR count). The van der Waals surface area contributed by atoms with E-state index in [9.17, 15) is 9.90 Å². The number of benzene rings is 1. The van der Waals surface area contributed by atoms with Crippen LogP contribution < -0.4 is 4.74 Å². The summed E-state index contributed by atoms with van der Waals surface area (Å²) in [6.45, 7) is -0.268. The maximum Gasteiger partial charge on any atom is 0.339 e. The lowest BCUT2D eigenvalue weighted by atomic mass is 10.1. The topological polar surface area (TPSA) is 87.0 Å². The van der Waals surface area contributed by atoms with E-state index in [1.54, 1.807) is 18.2 Å². The standard InChI is InChI=1S/C12H16O5S/c1-17-11-3-2-8(4-10(11)12(15)16)6-18-7-9(14)5-13/h2-4,9,13-14H,5-7H2,1H3,(H,15,16). The fraction of sp³-hybridized carbons (Fsp3) is 0.417. The summed E-state index contributed by atoms with van der Waals surface area (Å²) in [5.74, 6) is 0.271. The summed E-state index contributed by atoms with van der Waals surface area (Å²) < 4.78 is 4.96. The van der Waals surface area contributed by atoms with Crippen molar-refractivity contribution in [2.45, 2.75) is 11.9 Å². The number of methoxy groups -OCH3 is 1. The smallest absolute Gasteiger partial charge is 0.339 e. The van der Waals surface area contributed by atoms with E-state index in [0.29, 0.717) is 17.3 Å². The van der Waals surface area contributed by atoms with Gasteiger partial charge in [0.1, 0.15) is 11.3 Å². The molecule has 1 atom stereocenters. The Hall–Kier alpha value is -1.24. The molecule has 0 amide bonds. The normalized spacial score (nSPS) is 12.2. The Balaban J connectivity index is 2.67. The quantitative estimate of drug-likeness (QED) is 0.686. The van der Waals surface area contributed by atoms with Gasteiger partial charge in [-0.25, -0.2) is 4.79 Å². The number of hydrogen-bond acceptors (Lipinski definition) is 5. The first-order valence-corrected chi connectivity index (χ1v) is 6.50. The monoisotopic (exact) mass is 272 g/mol. The Morgan fingerprint density at radius 1 is 1.50 bits per heavy atom. The lowest BCUT2D eigenvalue weighted by Crippen LogP contribution is -2.14. The van der Waals surface area contributed by atoms with Crippen molar-refractivity contribution >= 4 is 17.7 Å². The molecule has 0 bridgehead atoms. The average Bonchev–Trinajstić information content (AvgIpc) is 2.38. The minimum atomic E-state index is -1.03. The molecule has 0 aliphatic rings. The van der Waals surface area contributed by atoms with Gasteiger partial charge in [-0.05, 0) is 17.7 Å². The van der Waals surface area contributed by atoms with E-state index in [-0.39, 0.29) is 12.2 Å². The molecule has 0 aliphatic carbocycles. The molecule has 1 aromatic carbocycles. The summed E-state index contributed by atoms with van der Waals surface area (Å²) in [5, 5.41) is 26.8. The summed E-state index contributed by atoms with van der Waals surface area (Å²) in [6.07, 6.45) is -0.743. The van der Waals surface area contributed by atoms with Gasteiger partial charge in [0.05, 0.1) is 19.8 Å². The van der Waals surface area contributed by atoms with Crippen molar-refractivity contribution in [3.8, 4) is 5.75 Å². The highest BCUT2D eigenvalue weighted by Gasteiger charge is 2.11. The van der Waals surface area contributed by atoms with Crippen molar-refractivity contribution in [2.24, 2.45) is 0 Å². The van der Waals surface area contributed by atoms with Gasteiger partial charge in [-0.15, -0.1) is 0 Å². The summed E-state index contributed by atoms with van der Waals surface area (Å²) >= 11 is 1.43. The highest BCUT2D eigenvalue weighted by molar-refractivity contribution is 7.98. The van der Waals surface area contributed by atoms with Gasteiger partial charge in [0.2, 0.25) is 0 Å². The van der Waals surface area contributed by atoms with Crippen molar-refractivity contribution in [2.75, 3.05) is 19.5 Å². The average molecular weight is 272 g/mol. The van der Waals surface area contributed by atoms with Crippen molar-refractivity contribution in [1.82, 2.24) is 0 Å². The van der Waals surface area contributed by atoms with Crippen LogP contribution in [0, 0.1) is 0 Å². The predicted octanol–water partition coefficient (Wildman–Crippen LogP) is 0.980. The maximum absolute atomic E-state index is 11.0. The van der Waals surface area contributed by atoms with E-state index >= 15 is 0 Å². The van der Waals surface area contributed by atoms with Gasteiger partial charge in [-0.2, -0.15) is 11.8 Å². The number of aliphatic hydroxyl groups excluding tert-OH is 2. The van der Waals surface area contributed by atoms with Crippen LogP contribution >= 0.6 is 11.8 Å². The van der Waals surface area contributed by atoms with Crippen molar-refractivity contribution < 1.29 is 24.9 Å². The maximum atomic E-state index is 11.0. The van der Waals surface area contributed by atoms with Crippen molar-refractivity contribution in [3.05, 3.63) is 29.3 Å². The number of carboxylic acid groups (broad SMARTS) is 1. The minimum Gasteiger partial charge on any atom is -0.496 e. The van der Waals surface area contributed by atoms with E-state index < -0.39 is 12.1 Å². The van der Waals surface area contributed by atoms with E-state index in [0.717, 1.165) is 5.56 Å². The summed E-state index contributed by atoms with van der Waals surface area (Å²) in [6, 6.07) is 4.95. The van der Waals surface area contributed by atoms with E-state index in [1.165, 1.54) is 18.9 Å². The van der Waals surface area contributed by atoms with Crippen molar-refractivity contribution in [1.29, 1.82) is 0 Å². The number of rotatable bonds is 7. The van der Waals surface area contributed by atoms with Crippen LogP contribution in [0.5, 0.6) is 5.75 Å². The molecule has 0 saturated carbocycles. The molecule has 0 radical (unpaired) electrons. The van der Waals surface area contributed by atoms with Gasteiger partial charge in [0.25, 0.3) is 0 Å². The number of aliphatic hydroxyl groups is 2. The first-order chi connectivity index (χ1) is 8.58. The number of carbonyl (C=O) groups is 1. The third-order valence-electron chi connectivity index (χ3n) is 2.28. The van der Waals surface area contributed by atoms with Gasteiger partial charge in [-0.1, -0.05) is 6.07 Å². The second-order valence-electron chi connectivity index (χ2n) is 3.69. The molecule has 100 valence electrons. The summed E-state index contributed by atoms with van der Waals surface area (Å²) in [5.41, 5.74) is 0.960. The molecule has 1 unspecified atom stereocenters. The lowest BCUT2D eigenvalue weighted by Gasteiger charge is -2.09. The molecule has 0 fully saturated rings. The number of carboxylic acids is 1. The van der Waals surface area contributed by atoms with Gasteiger partial charge < -0.3 is 20.1 Å². The van der Waals surface area contributed by atoms with Crippen molar-refractivity contribution in [3.63, 3.8) is 0 Å². The largest absolute Gasteiger partial charge is 0.496 e. The molecule has 0 spiro atoms. The number of aromatic carboxylic acids is 1. The van der Waals surface area contributed by atoms with Crippen LogP contribution in [0.2, 0.25) is 0 Å². The zero-order chi connectivity index (χ0) is 13.5. The Labute approximate surface area is 109 Å². The van der Waals surface area contributed by atoms with E-state index in [2.05, 4.69) is 0 Å². The Morgan fingerprint density at radius 2 is 2.22 bits per heavy atom. The molecule has 0 aliphatic heterocycles. The predicted molar refractivity (Wildman–Crippen MR) is 69.2 cm³/mol. The lowest BCUT2D eigenvalue weighted by molar-refractivity contribution is 0.0693. The second-order valence-corrected chi connectivity index (χ2v) is 4.72. The molecule has 3 N–H and O–H groups in total. The second kappa shape index (κ2) is 7.25. The van der Waals surface area contributed by atoms with Crippen LogP contribution in [0.1, 0.15) is 15.9 Å². The van der Waals surface area contributed by atoms with Crippen LogP contribution in [0.15, 0.2) is 18.2 Å².